The Labute approximate surface area is 231 Å². The maximum atomic E-state index is 14.5. The number of amides is 1. The van der Waals surface area contributed by atoms with Gasteiger partial charge in [-0.3, -0.25) is 4.79 Å². The molecule has 8 heteroatoms. The van der Waals surface area contributed by atoms with Crippen LogP contribution >= 0.6 is 23.2 Å². The summed E-state index contributed by atoms with van der Waals surface area (Å²) in [5.41, 5.74) is 1.37. The third-order valence-electron chi connectivity index (χ3n) is 7.92. The van der Waals surface area contributed by atoms with Gasteiger partial charge in [-0.2, -0.15) is 0 Å². The molecule has 1 heterocycles. The summed E-state index contributed by atoms with van der Waals surface area (Å²) < 4.78 is 26.8. The van der Waals surface area contributed by atoms with E-state index in [0.29, 0.717) is 29.4 Å². The fourth-order valence-corrected chi connectivity index (χ4v) is 7.12. The normalized spacial score (nSPS) is 25.4. The van der Waals surface area contributed by atoms with Crippen LogP contribution in [0, 0.1) is 11.3 Å². The Kier molecular flexibility index (Phi) is 8.44. The molecule has 1 saturated heterocycles. The second-order valence-corrected chi connectivity index (χ2v) is 13.6. The van der Waals surface area contributed by atoms with Crippen LogP contribution in [0.4, 0.5) is 0 Å². The van der Waals surface area contributed by atoms with Crippen LogP contribution < -0.4 is 0 Å². The summed E-state index contributed by atoms with van der Waals surface area (Å²) in [6.07, 6.45) is 6.17. The molecule has 4 rings (SSSR count). The number of likely N-dealkylation sites (tertiary alicyclic amines) is 1. The van der Waals surface area contributed by atoms with E-state index in [-0.39, 0.29) is 36.4 Å². The van der Waals surface area contributed by atoms with Gasteiger partial charge >= 0.3 is 0 Å². The Balaban J connectivity index is 1.91. The first-order valence-electron chi connectivity index (χ1n) is 12.9. The number of likely N-dealkylation sites (N-methyl/N-ethyl adjacent to an activating group) is 1. The van der Waals surface area contributed by atoms with E-state index in [9.17, 15) is 13.2 Å². The third kappa shape index (κ3) is 6.08. The molecule has 1 amide bonds. The van der Waals surface area contributed by atoms with Gasteiger partial charge in [-0.25, -0.2) is 12.7 Å². The zero-order valence-corrected chi connectivity index (χ0v) is 24.1. The fourth-order valence-electron chi connectivity index (χ4n) is 5.91. The molecule has 0 spiro atoms. The molecular weight excluding hydrogens is 527 g/mol. The molecule has 5 nitrogen and oxygen atoms in total. The zero-order chi connectivity index (χ0) is 27.0. The molecule has 0 N–H and O–H groups in total. The minimum Gasteiger partial charge on any atom is -0.330 e. The highest BCUT2D eigenvalue weighted by atomic mass is 35.5. The average Bonchev–Trinajstić information content (AvgIpc) is 3.67. The third-order valence-corrected chi connectivity index (χ3v) is 9.75. The van der Waals surface area contributed by atoms with Crippen molar-refractivity contribution in [3.63, 3.8) is 0 Å². The number of nitrogens with zero attached hydrogens (tertiary/aromatic N) is 2. The van der Waals surface area contributed by atoms with Crippen LogP contribution in [0.25, 0.3) is 0 Å². The van der Waals surface area contributed by atoms with Crippen LogP contribution in [-0.2, 0) is 14.8 Å². The molecule has 0 aromatic heterocycles. The quantitative estimate of drug-likeness (QED) is 0.303. The van der Waals surface area contributed by atoms with E-state index < -0.39 is 15.4 Å². The number of hydrogen-bond donors (Lipinski definition) is 0. The molecule has 2 aromatic carbocycles. The van der Waals surface area contributed by atoms with Gasteiger partial charge in [0.05, 0.1) is 17.7 Å². The second-order valence-electron chi connectivity index (χ2n) is 10.7. The van der Waals surface area contributed by atoms with Crippen molar-refractivity contribution in [3.8, 4) is 0 Å². The lowest BCUT2D eigenvalue weighted by Gasteiger charge is -2.52. The largest absolute Gasteiger partial charge is 0.330 e. The molecule has 2 fully saturated rings. The van der Waals surface area contributed by atoms with Crippen LogP contribution in [0.15, 0.2) is 61.2 Å². The molecule has 4 atom stereocenters. The van der Waals surface area contributed by atoms with Crippen molar-refractivity contribution < 1.29 is 13.2 Å². The van der Waals surface area contributed by atoms with Crippen LogP contribution in [-0.4, -0.2) is 48.9 Å². The summed E-state index contributed by atoms with van der Waals surface area (Å²) in [5.74, 6) is 0.254. The summed E-state index contributed by atoms with van der Waals surface area (Å²) in [6, 6.07) is 15.0. The molecule has 0 bridgehead atoms. The van der Waals surface area contributed by atoms with Crippen LogP contribution in [0.3, 0.4) is 0 Å². The van der Waals surface area contributed by atoms with E-state index in [1.54, 1.807) is 0 Å². The topological polar surface area (TPSA) is 57.7 Å². The van der Waals surface area contributed by atoms with Crippen molar-refractivity contribution in [1.82, 2.24) is 9.21 Å². The number of rotatable bonds is 10. The molecule has 0 radical (unpaired) electrons. The Hall–Kier alpha value is -1.86. The Morgan fingerprint density at radius 2 is 1.81 bits per heavy atom. The van der Waals surface area contributed by atoms with Crippen molar-refractivity contribution in [2.75, 3.05) is 19.3 Å². The zero-order valence-electron chi connectivity index (χ0n) is 21.7. The number of sulfonamides is 1. The lowest BCUT2D eigenvalue weighted by Crippen LogP contribution is -2.58. The minimum atomic E-state index is -3.43. The number of halogens is 2. The van der Waals surface area contributed by atoms with Gasteiger partial charge in [-0.15, -0.1) is 6.58 Å². The summed E-state index contributed by atoms with van der Waals surface area (Å²) in [4.78, 5) is 16.5. The van der Waals surface area contributed by atoms with Crippen molar-refractivity contribution in [3.05, 3.63) is 82.4 Å². The molecule has 1 aliphatic heterocycles. The highest BCUT2D eigenvalue weighted by molar-refractivity contribution is 7.88. The van der Waals surface area contributed by atoms with Gasteiger partial charge in [-0.05, 0) is 67.0 Å². The second kappa shape index (κ2) is 11.1. The van der Waals surface area contributed by atoms with E-state index >= 15 is 0 Å². The molecule has 2 aliphatic rings. The van der Waals surface area contributed by atoms with Gasteiger partial charge in [0.15, 0.2) is 0 Å². The Morgan fingerprint density at radius 1 is 1.14 bits per heavy atom. The Morgan fingerprint density at radius 3 is 2.35 bits per heavy atom. The van der Waals surface area contributed by atoms with Gasteiger partial charge in [0.1, 0.15) is 0 Å². The summed E-state index contributed by atoms with van der Waals surface area (Å²) in [5, 5.41) is 1.27. The van der Waals surface area contributed by atoms with E-state index in [2.05, 4.69) is 12.6 Å². The first kappa shape index (κ1) is 28.2. The van der Waals surface area contributed by atoms with Crippen LogP contribution in [0.1, 0.15) is 62.6 Å². The molecule has 1 aliphatic carbocycles. The van der Waals surface area contributed by atoms with Gasteiger partial charge in [0.2, 0.25) is 15.9 Å². The van der Waals surface area contributed by atoms with Crippen molar-refractivity contribution >= 4 is 39.1 Å². The number of piperidine rings is 1. The van der Waals surface area contributed by atoms with Gasteiger partial charge in [-0.1, -0.05) is 67.4 Å². The number of benzene rings is 2. The van der Waals surface area contributed by atoms with Crippen molar-refractivity contribution in [2.45, 2.75) is 57.5 Å². The highest BCUT2D eigenvalue weighted by Gasteiger charge is 2.53. The number of hydrogen-bond acceptors (Lipinski definition) is 3. The SMILES string of the molecule is C=CC[C@@]1(C)C[C@H](c2cccc(Cl)c2)[C@@H](c2ccc(Cl)cc2)N(C(CN(CC)S(C)(=O)=O)C2CC2)C1=O. The van der Waals surface area contributed by atoms with Gasteiger partial charge < -0.3 is 4.90 Å². The van der Waals surface area contributed by atoms with Crippen molar-refractivity contribution in [1.29, 1.82) is 0 Å². The smallest absolute Gasteiger partial charge is 0.229 e. The van der Waals surface area contributed by atoms with E-state index in [1.165, 1.54) is 10.6 Å². The van der Waals surface area contributed by atoms with Crippen LogP contribution in [0.2, 0.25) is 10.0 Å². The average molecular weight is 564 g/mol. The maximum absolute atomic E-state index is 14.5. The van der Waals surface area contributed by atoms with Gasteiger partial charge in [0.25, 0.3) is 0 Å². The molecule has 200 valence electrons. The Bertz CT molecular complexity index is 1250. The number of carbonyl (C=O) groups excluding carboxylic acids is 1. The maximum Gasteiger partial charge on any atom is 0.229 e. The standard InChI is InChI=1S/C29H36Cl2N2O3S/c1-5-16-29(3)18-25(22-8-7-9-24(31)17-22)27(21-12-14-23(30)15-13-21)33(28(29)34)26(20-10-11-20)19-32(6-2)37(4,35)36/h5,7-9,12-15,17,20,25-27H,1,6,10-11,16,18-19H2,2-4H3/t25-,26?,27-,29+/m1/s1. The molecule has 1 unspecified atom stereocenters. The lowest BCUT2D eigenvalue weighted by atomic mass is 9.67. The summed E-state index contributed by atoms with van der Waals surface area (Å²) >= 11 is 12.7. The predicted molar refractivity (Wildman–Crippen MR) is 151 cm³/mol. The molecule has 1 saturated carbocycles. The van der Waals surface area contributed by atoms with E-state index in [1.807, 2.05) is 67.3 Å². The molecule has 2 aromatic rings. The predicted octanol–water partition coefficient (Wildman–Crippen LogP) is 6.69. The fraction of sp³-hybridized carbons (Fsp3) is 0.483. The molecular formula is C29H36Cl2N2O3S. The highest BCUT2D eigenvalue weighted by Crippen LogP contribution is 2.54. The summed E-state index contributed by atoms with van der Waals surface area (Å²) in [6.45, 7) is 8.44. The van der Waals surface area contributed by atoms with Gasteiger partial charge in [0, 0.05) is 35.1 Å². The monoisotopic (exact) mass is 562 g/mol. The lowest BCUT2D eigenvalue weighted by molar-refractivity contribution is -0.155. The minimum absolute atomic E-state index is 0.0444. The summed E-state index contributed by atoms with van der Waals surface area (Å²) in [7, 11) is -3.43. The van der Waals surface area contributed by atoms with E-state index in [0.717, 1.165) is 24.0 Å². The molecule has 37 heavy (non-hydrogen) atoms. The van der Waals surface area contributed by atoms with Crippen LogP contribution in [0.5, 0.6) is 0 Å². The number of carbonyl (C=O) groups is 1. The first-order valence-corrected chi connectivity index (χ1v) is 15.5. The van der Waals surface area contributed by atoms with E-state index in [4.69, 9.17) is 23.2 Å². The first-order chi connectivity index (χ1) is 17.5. The number of allylic oxidation sites excluding steroid dienone is 1. The van der Waals surface area contributed by atoms with Crippen molar-refractivity contribution in [2.24, 2.45) is 11.3 Å².